The molecule has 2 atom stereocenters. The van der Waals surface area contributed by atoms with Crippen molar-refractivity contribution in [1.29, 1.82) is 0 Å². The van der Waals surface area contributed by atoms with Crippen molar-refractivity contribution in [2.75, 3.05) is 19.0 Å². The van der Waals surface area contributed by atoms with Crippen LogP contribution in [0.15, 0.2) is 91.3 Å². The molecule has 1 aliphatic heterocycles. The lowest BCUT2D eigenvalue weighted by molar-refractivity contribution is -0.122. The minimum atomic E-state index is -0.163. The fourth-order valence-corrected chi connectivity index (χ4v) is 5.65. The highest BCUT2D eigenvalue weighted by molar-refractivity contribution is 5.89. The Morgan fingerprint density at radius 2 is 1.88 bits per heavy atom. The summed E-state index contributed by atoms with van der Waals surface area (Å²) in [6.07, 6.45) is 4.91. The highest BCUT2D eigenvalue weighted by atomic mass is 16.5. The number of nitrogens with zero attached hydrogens (tertiary/aromatic N) is 2. The van der Waals surface area contributed by atoms with Crippen LogP contribution in [0.4, 0.5) is 10.5 Å². The van der Waals surface area contributed by atoms with Crippen LogP contribution in [0.5, 0.6) is 5.75 Å². The van der Waals surface area contributed by atoms with Crippen LogP contribution in [0.2, 0.25) is 0 Å². The first-order valence-corrected chi connectivity index (χ1v) is 13.7. The molecule has 7 heteroatoms. The van der Waals surface area contributed by atoms with Crippen molar-refractivity contribution in [3.05, 3.63) is 114 Å². The van der Waals surface area contributed by atoms with E-state index in [9.17, 15) is 9.59 Å². The number of carbonyl (C=O) groups excluding carboxylic acids is 2. The van der Waals surface area contributed by atoms with Gasteiger partial charge in [0.25, 0.3) is 0 Å². The molecule has 1 saturated carbocycles. The monoisotopic (exact) mass is 532 g/mol. The molecule has 7 nitrogen and oxygen atoms in total. The molecule has 0 bridgehead atoms. The largest absolute Gasteiger partial charge is 0.497 e. The Morgan fingerprint density at radius 1 is 1.00 bits per heavy atom. The molecule has 1 aromatic heterocycles. The third kappa shape index (κ3) is 5.41. The van der Waals surface area contributed by atoms with Crippen molar-refractivity contribution in [3.63, 3.8) is 0 Å². The SMILES string of the molecule is COc1cccc(-c2ccc(CNC(=O)[C@@H]3C[C@H]3c3ccccc3)c3c2CCN(C(=O)Nc2cccnc2)C3)c1. The van der Waals surface area contributed by atoms with Gasteiger partial charge in [0.1, 0.15) is 5.75 Å². The number of rotatable bonds is 7. The number of ether oxygens (including phenoxy) is 1. The Hall–Kier alpha value is -4.65. The van der Waals surface area contributed by atoms with E-state index >= 15 is 0 Å². The molecule has 0 unspecified atom stereocenters. The molecular weight excluding hydrogens is 500 g/mol. The second kappa shape index (κ2) is 11.2. The lowest BCUT2D eigenvalue weighted by atomic mass is 9.87. The topological polar surface area (TPSA) is 83.6 Å². The molecule has 4 aromatic rings. The van der Waals surface area contributed by atoms with Crippen molar-refractivity contribution >= 4 is 17.6 Å². The van der Waals surface area contributed by atoms with E-state index in [-0.39, 0.29) is 23.8 Å². The molecule has 1 fully saturated rings. The van der Waals surface area contributed by atoms with Crippen LogP contribution in [0.3, 0.4) is 0 Å². The summed E-state index contributed by atoms with van der Waals surface area (Å²) in [6, 6.07) is 25.9. The van der Waals surface area contributed by atoms with Gasteiger partial charge in [-0.25, -0.2) is 4.79 Å². The highest BCUT2D eigenvalue weighted by Gasteiger charge is 2.43. The van der Waals surface area contributed by atoms with E-state index < -0.39 is 0 Å². The Labute approximate surface area is 234 Å². The molecule has 0 spiro atoms. The summed E-state index contributed by atoms with van der Waals surface area (Å²) in [4.78, 5) is 32.1. The van der Waals surface area contributed by atoms with Crippen LogP contribution >= 0.6 is 0 Å². The molecule has 40 heavy (non-hydrogen) atoms. The van der Waals surface area contributed by atoms with Crippen molar-refractivity contribution < 1.29 is 14.3 Å². The summed E-state index contributed by atoms with van der Waals surface area (Å²) in [5, 5.41) is 6.14. The second-order valence-corrected chi connectivity index (χ2v) is 10.4. The number of hydrogen-bond acceptors (Lipinski definition) is 4. The van der Waals surface area contributed by atoms with Crippen molar-refractivity contribution in [1.82, 2.24) is 15.2 Å². The summed E-state index contributed by atoms with van der Waals surface area (Å²) < 4.78 is 5.47. The van der Waals surface area contributed by atoms with Gasteiger partial charge in [-0.05, 0) is 76.4 Å². The van der Waals surface area contributed by atoms with Crippen LogP contribution in [0, 0.1) is 5.92 Å². The zero-order valence-corrected chi connectivity index (χ0v) is 22.5. The maximum absolute atomic E-state index is 13.2. The van der Waals surface area contributed by atoms with Gasteiger partial charge in [-0.3, -0.25) is 9.78 Å². The maximum Gasteiger partial charge on any atom is 0.322 e. The average molecular weight is 533 g/mol. The number of hydrogen-bond donors (Lipinski definition) is 2. The molecule has 1 aliphatic carbocycles. The van der Waals surface area contributed by atoms with Crippen molar-refractivity contribution in [2.45, 2.75) is 31.8 Å². The number of anilines is 1. The fraction of sp³-hybridized carbons (Fsp3) is 0.242. The van der Waals surface area contributed by atoms with Gasteiger partial charge in [-0.1, -0.05) is 54.6 Å². The number of benzene rings is 3. The zero-order valence-electron chi connectivity index (χ0n) is 22.5. The van der Waals surface area contributed by atoms with Gasteiger partial charge in [-0.15, -0.1) is 0 Å². The molecule has 0 saturated heterocycles. The minimum Gasteiger partial charge on any atom is -0.497 e. The quantitative estimate of drug-likeness (QED) is 0.317. The molecule has 202 valence electrons. The minimum absolute atomic E-state index is 0.0102. The van der Waals surface area contributed by atoms with E-state index in [1.807, 2.05) is 47.4 Å². The lowest BCUT2D eigenvalue weighted by Crippen LogP contribution is -2.40. The summed E-state index contributed by atoms with van der Waals surface area (Å²) >= 11 is 0. The number of pyridine rings is 1. The summed E-state index contributed by atoms with van der Waals surface area (Å²) in [5.41, 5.74) is 7.41. The third-order valence-electron chi connectivity index (χ3n) is 7.90. The molecule has 0 radical (unpaired) electrons. The van der Waals surface area contributed by atoms with Crippen LogP contribution in [0.25, 0.3) is 11.1 Å². The predicted molar refractivity (Wildman–Crippen MR) is 155 cm³/mol. The smallest absolute Gasteiger partial charge is 0.322 e. The Morgan fingerprint density at radius 3 is 2.67 bits per heavy atom. The first-order valence-electron chi connectivity index (χ1n) is 13.7. The van der Waals surface area contributed by atoms with Gasteiger partial charge in [0.2, 0.25) is 5.91 Å². The Kier molecular flexibility index (Phi) is 7.19. The summed E-state index contributed by atoms with van der Waals surface area (Å²) in [6.45, 7) is 1.48. The number of fused-ring (bicyclic) bond motifs is 1. The Bertz CT molecular complexity index is 1520. The standard InChI is InChI=1S/C33H32N4O3/c1-40-26-11-5-9-23(17-26)27-13-12-24(19-35-32(38)30-18-29(30)22-7-3-2-4-8-22)31-21-37(16-14-28(27)31)33(39)36-25-10-6-15-34-20-25/h2-13,15,17,20,29-30H,14,16,18-19,21H2,1H3,(H,35,38)(H,36,39)/t29-,30+/m0/s1. The van der Waals surface area contributed by atoms with E-state index in [0.29, 0.717) is 31.7 Å². The number of amides is 3. The fourth-order valence-electron chi connectivity index (χ4n) is 5.65. The molecule has 2 heterocycles. The zero-order chi connectivity index (χ0) is 27.5. The first-order chi connectivity index (χ1) is 19.6. The van der Waals surface area contributed by atoms with E-state index in [1.165, 1.54) is 11.1 Å². The summed E-state index contributed by atoms with van der Waals surface area (Å²) in [5.74, 6) is 1.18. The van der Waals surface area contributed by atoms with Gasteiger partial charge in [0.05, 0.1) is 19.0 Å². The molecule has 3 aromatic carbocycles. The molecular formula is C33H32N4O3. The molecule has 2 aliphatic rings. The average Bonchev–Trinajstić information content (AvgIpc) is 3.82. The predicted octanol–water partition coefficient (Wildman–Crippen LogP) is 5.77. The van der Waals surface area contributed by atoms with Gasteiger partial charge in [0.15, 0.2) is 0 Å². The molecule has 2 N–H and O–H groups in total. The number of methoxy groups -OCH3 is 1. The van der Waals surface area contributed by atoms with Gasteiger partial charge < -0.3 is 20.3 Å². The number of urea groups is 1. The number of aromatic nitrogens is 1. The van der Waals surface area contributed by atoms with Crippen molar-refractivity contribution in [2.24, 2.45) is 5.92 Å². The highest BCUT2D eigenvalue weighted by Crippen LogP contribution is 2.47. The van der Waals surface area contributed by atoms with Crippen LogP contribution in [0.1, 0.15) is 34.6 Å². The van der Waals surface area contributed by atoms with Crippen LogP contribution in [-0.2, 0) is 24.3 Å². The second-order valence-electron chi connectivity index (χ2n) is 10.4. The first kappa shape index (κ1) is 25.6. The Balaban J connectivity index is 1.24. The van der Waals surface area contributed by atoms with Gasteiger partial charge in [0, 0.05) is 31.7 Å². The van der Waals surface area contributed by atoms with E-state index in [1.54, 1.807) is 25.6 Å². The number of carbonyl (C=O) groups is 2. The molecule has 3 amide bonds. The summed E-state index contributed by atoms with van der Waals surface area (Å²) in [7, 11) is 1.67. The van der Waals surface area contributed by atoms with Gasteiger partial charge in [-0.2, -0.15) is 0 Å². The van der Waals surface area contributed by atoms with Crippen LogP contribution < -0.4 is 15.4 Å². The van der Waals surface area contributed by atoms with E-state index in [4.69, 9.17) is 4.74 Å². The van der Waals surface area contributed by atoms with Crippen molar-refractivity contribution in [3.8, 4) is 16.9 Å². The normalized spacial score (nSPS) is 17.5. The van der Waals surface area contributed by atoms with Crippen LogP contribution in [-0.4, -0.2) is 35.5 Å². The van der Waals surface area contributed by atoms with Gasteiger partial charge >= 0.3 is 6.03 Å². The van der Waals surface area contributed by atoms with E-state index in [0.717, 1.165) is 34.4 Å². The third-order valence-corrected chi connectivity index (χ3v) is 7.90. The maximum atomic E-state index is 13.2. The molecule has 6 rings (SSSR count). The number of nitrogens with one attached hydrogen (secondary N) is 2. The van der Waals surface area contributed by atoms with E-state index in [2.05, 4.69) is 45.9 Å². The lowest BCUT2D eigenvalue weighted by Gasteiger charge is -2.32.